The summed E-state index contributed by atoms with van der Waals surface area (Å²) in [4.78, 5) is 0. The van der Waals surface area contributed by atoms with Crippen molar-refractivity contribution in [2.75, 3.05) is 6.54 Å². The third kappa shape index (κ3) is 3.82. The lowest BCUT2D eigenvalue weighted by molar-refractivity contribution is 0.694. The van der Waals surface area contributed by atoms with Gasteiger partial charge < -0.3 is 5.73 Å². The highest BCUT2D eigenvalue weighted by molar-refractivity contribution is 9.10. The van der Waals surface area contributed by atoms with Crippen molar-refractivity contribution in [2.24, 2.45) is 5.73 Å². The minimum Gasteiger partial charge on any atom is -0.330 e. The zero-order valence-corrected chi connectivity index (χ0v) is 13.2. The minimum atomic E-state index is 0.290. The summed E-state index contributed by atoms with van der Waals surface area (Å²) < 4.78 is 1.08. The second kappa shape index (κ2) is 6.56. The minimum absolute atomic E-state index is 0.290. The van der Waals surface area contributed by atoms with Crippen LogP contribution >= 0.6 is 27.5 Å². The van der Waals surface area contributed by atoms with E-state index in [0.29, 0.717) is 6.54 Å². The molecule has 3 heteroatoms. The molecule has 0 saturated heterocycles. The van der Waals surface area contributed by atoms with Gasteiger partial charge in [0.05, 0.1) is 0 Å². The van der Waals surface area contributed by atoms with Crippen LogP contribution in [0.25, 0.3) is 0 Å². The van der Waals surface area contributed by atoms with Gasteiger partial charge in [-0.1, -0.05) is 51.8 Å². The molecule has 0 amide bonds. The van der Waals surface area contributed by atoms with Gasteiger partial charge in [-0.25, -0.2) is 0 Å². The second-order valence-electron chi connectivity index (χ2n) is 4.79. The lowest BCUT2D eigenvalue weighted by atomic mass is 9.92. The Kier molecular flexibility index (Phi) is 5.03. The fraction of sp³-hybridized carbons (Fsp3) is 0.250. The topological polar surface area (TPSA) is 26.0 Å². The molecule has 0 bridgehead atoms. The van der Waals surface area contributed by atoms with Crippen LogP contribution in [0.2, 0.25) is 5.02 Å². The van der Waals surface area contributed by atoms with E-state index in [4.69, 9.17) is 17.3 Å². The summed E-state index contributed by atoms with van der Waals surface area (Å²) in [6.45, 7) is 2.66. The molecule has 100 valence electrons. The Balaban J connectivity index is 2.24. The Morgan fingerprint density at radius 2 is 2.00 bits per heavy atom. The van der Waals surface area contributed by atoms with Crippen molar-refractivity contribution < 1.29 is 0 Å². The first kappa shape index (κ1) is 14.6. The van der Waals surface area contributed by atoms with Crippen molar-refractivity contribution in [3.63, 3.8) is 0 Å². The number of benzene rings is 2. The van der Waals surface area contributed by atoms with Crippen LogP contribution in [-0.2, 0) is 6.42 Å². The average molecular weight is 339 g/mol. The molecule has 2 N–H and O–H groups in total. The SMILES string of the molecule is Cc1ccc(CC(CN)c2cccc(Br)c2)c(Cl)c1. The number of hydrogen-bond acceptors (Lipinski definition) is 1. The lowest BCUT2D eigenvalue weighted by Crippen LogP contribution is -2.15. The first-order chi connectivity index (χ1) is 9.10. The van der Waals surface area contributed by atoms with E-state index in [-0.39, 0.29) is 5.92 Å². The largest absolute Gasteiger partial charge is 0.330 e. The van der Waals surface area contributed by atoms with E-state index in [1.54, 1.807) is 0 Å². The molecule has 0 aromatic heterocycles. The van der Waals surface area contributed by atoms with Gasteiger partial charge in [0.1, 0.15) is 0 Å². The summed E-state index contributed by atoms with van der Waals surface area (Å²) >= 11 is 9.80. The molecule has 1 atom stereocenters. The Morgan fingerprint density at radius 1 is 1.21 bits per heavy atom. The van der Waals surface area contributed by atoms with E-state index < -0.39 is 0 Å². The van der Waals surface area contributed by atoms with Crippen molar-refractivity contribution >= 4 is 27.5 Å². The third-order valence-electron chi connectivity index (χ3n) is 3.28. The fourth-order valence-corrected chi connectivity index (χ4v) is 2.91. The zero-order chi connectivity index (χ0) is 13.8. The van der Waals surface area contributed by atoms with Crippen LogP contribution in [-0.4, -0.2) is 6.54 Å². The van der Waals surface area contributed by atoms with Gasteiger partial charge in [0, 0.05) is 15.4 Å². The van der Waals surface area contributed by atoms with Crippen LogP contribution in [0.15, 0.2) is 46.9 Å². The first-order valence-corrected chi connectivity index (χ1v) is 7.48. The Morgan fingerprint density at radius 3 is 2.63 bits per heavy atom. The predicted octanol–water partition coefficient (Wildman–Crippen LogP) is 4.70. The highest BCUT2D eigenvalue weighted by Crippen LogP contribution is 2.26. The summed E-state index contributed by atoms with van der Waals surface area (Å²) in [5.74, 6) is 0.290. The molecule has 1 nitrogen and oxygen atoms in total. The maximum Gasteiger partial charge on any atom is 0.0440 e. The second-order valence-corrected chi connectivity index (χ2v) is 6.11. The van der Waals surface area contributed by atoms with E-state index in [1.165, 1.54) is 11.1 Å². The number of halogens is 2. The van der Waals surface area contributed by atoms with E-state index in [2.05, 4.69) is 40.2 Å². The molecule has 0 fully saturated rings. The van der Waals surface area contributed by atoms with Crippen molar-refractivity contribution in [3.8, 4) is 0 Å². The van der Waals surface area contributed by atoms with Gasteiger partial charge in [0.15, 0.2) is 0 Å². The zero-order valence-electron chi connectivity index (χ0n) is 10.9. The fourth-order valence-electron chi connectivity index (χ4n) is 2.18. The predicted molar refractivity (Wildman–Crippen MR) is 85.8 cm³/mol. The summed E-state index contributed by atoms with van der Waals surface area (Å²) in [6.07, 6.45) is 0.867. The third-order valence-corrected chi connectivity index (χ3v) is 4.12. The molecule has 0 aliphatic carbocycles. The lowest BCUT2D eigenvalue weighted by Gasteiger charge is -2.17. The Labute approximate surface area is 127 Å². The van der Waals surface area contributed by atoms with Gasteiger partial charge in [-0.15, -0.1) is 0 Å². The van der Waals surface area contributed by atoms with E-state index in [0.717, 1.165) is 21.5 Å². The van der Waals surface area contributed by atoms with E-state index in [9.17, 15) is 0 Å². The smallest absolute Gasteiger partial charge is 0.0440 e. The summed E-state index contributed by atoms with van der Waals surface area (Å²) in [7, 11) is 0. The average Bonchev–Trinajstić information content (AvgIpc) is 2.38. The number of aryl methyl sites for hydroxylation is 1. The molecule has 0 aliphatic rings. The van der Waals surface area contributed by atoms with E-state index in [1.807, 2.05) is 25.1 Å². The van der Waals surface area contributed by atoms with Gasteiger partial charge in [-0.05, 0) is 54.8 Å². The van der Waals surface area contributed by atoms with Gasteiger partial charge in [-0.3, -0.25) is 0 Å². The monoisotopic (exact) mass is 337 g/mol. The highest BCUT2D eigenvalue weighted by Gasteiger charge is 2.13. The first-order valence-electron chi connectivity index (χ1n) is 6.30. The molecule has 0 saturated carbocycles. The molecule has 2 rings (SSSR count). The van der Waals surface area contributed by atoms with Crippen LogP contribution in [0.5, 0.6) is 0 Å². The molecule has 0 aliphatic heterocycles. The summed E-state index contributed by atoms with van der Waals surface area (Å²) in [5, 5.41) is 0.827. The van der Waals surface area contributed by atoms with Crippen molar-refractivity contribution in [3.05, 3.63) is 68.7 Å². The molecule has 2 aromatic rings. The van der Waals surface area contributed by atoms with Crippen LogP contribution < -0.4 is 5.73 Å². The number of hydrogen-bond donors (Lipinski definition) is 1. The van der Waals surface area contributed by atoms with Gasteiger partial charge >= 0.3 is 0 Å². The van der Waals surface area contributed by atoms with Crippen molar-refractivity contribution in [1.82, 2.24) is 0 Å². The molecule has 0 spiro atoms. The Bertz CT molecular complexity index is 568. The molecular weight excluding hydrogens is 322 g/mol. The molecule has 2 aromatic carbocycles. The van der Waals surface area contributed by atoms with Crippen LogP contribution in [0.3, 0.4) is 0 Å². The molecule has 19 heavy (non-hydrogen) atoms. The maximum atomic E-state index is 6.30. The van der Waals surface area contributed by atoms with Crippen LogP contribution in [0, 0.1) is 6.92 Å². The quantitative estimate of drug-likeness (QED) is 0.859. The maximum absolute atomic E-state index is 6.30. The van der Waals surface area contributed by atoms with E-state index >= 15 is 0 Å². The Hall–Kier alpha value is -0.830. The van der Waals surface area contributed by atoms with Gasteiger partial charge in [0.25, 0.3) is 0 Å². The van der Waals surface area contributed by atoms with Crippen LogP contribution in [0.4, 0.5) is 0 Å². The molecule has 0 heterocycles. The van der Waals surface area contributed by atoms with Gasteiger partial charge in [-0.2, -0.15) is 0 Å². The van der Waals surface area contributed by atoms with Gasteiger partial charge in [0.2, 0.25) is 0 Å². The molecular formula is C16H17BrClN. The molecule has 1 unspecified atom stereocenters. The van der Waals surface area contributed by atoms with Crippen molar-refractivity contribution in [2.45, 2.75) is 19.3 Å². The van der Waals surface area contributed by atoms with Crippen LogP contribution in [0.1, 0.15) is 22.6 Å². The number of nitrogens with two attached hydrogens (primary N) is 1. The number of rotatable bonds is 4. The standard InChI is InChI=1S/C16H17BrClN/c1-11-5-6-13(16(18)7-11)8-14(10-19)12-3-2-4-15(17)9-12/h2-7,9,14H,8,10,19H2,1H3. The highest BCUT2D eigenvalue weighted by atomic mass is 79.9. The normalized spacial score (nSPS) is 12.4. The summed E-state index contributed by atoms with van der Waals surface area (Å²) in [5.41, 5.74) is 9.50. The van der Waals surface area contributed by atoms with Crippen molar-refractivity contribution in [1.29, 1.82) is 0 Å². The molecule has 0 radical (unpaired) electrons. The summed E-state index contributed by atoms with van der Waals surface area (Å²) in [6, 6.07) is 14.5.